The highest BCUT2D eigenvalue weighted by Crippen LogP contribution is 2.23. The Balaban J connectivity index is 1.56. The Bertz CT molecular complexity index is 863. The van der Waals surface area contributed by atoms with Gasteiger partial charge in [-0.15, -0.1) is 0 Å². The zero-order valence-corrected chi connectivity index (χ0v) is 14.5. The monoisotopic (exact) mass is 347 g/mol. The average molecular weight is 347 g/mol. The standard InChI is InChI=1S/C20H21N5O/c26-20(17-9-10-22-19(13-17)25-15-21-14-23-25)24-11-5-4-8-18(24)12-16-6-2-1-3-7-16/h1-3,6-7,9-10,13-15,18H,4-5,8,11-12H2/t18-/m0/s1. The number of likely N-dealkylation sites (tertiary alicyclic amines) is 1. The number of nitrogens with zero attached hydrogens (tertiary/aromatic N) is 5. The fourth-order valence-corrected chi connectivity index (χ4v) is 3.54. The first kappa shape index (κ1) is 16.4. The fraction of sp³-hybridized carbons (Fsp3) is 0.300. The maximum atomic E-state index is 13.2. The summed E-state index contributed by atoms with van der Waals surface area (Å²) in [6.45, 7) is 0.803. The lowest BCUT2D eigenvalue weighted by molar-refractivity contribution is 0.0613. The molecule has 0 bridgehead atoms. The first-order valence-electron chi connectivity index (χ1n) is 8.97. The summed E-state index contributed by atoms with van der Waals surface area (Å²) < 4.78 is 1.56. The summed E-state index contributed by atoms with van der Waals surface area (Å²) in [5.74, 6) is 0.666. The van der Waals surface area contributed by atoms with E-state index in [1.807, 2.05) is 11.0 Å². The van der Waals surface area contributed by atoms with Gasteiger partial charge in [-0.05, 0) is 43.4 Å². The van der Waals surface area contributed by atoms with Gasteiger partial charge >= 0.3 is 0 Å². The minimum absolute atomic E-state index is 0.0643. The Hall–Kier alpha value is -3.02. The molecular formula is C20H21N5O. The molecule has 6 heteroatoms. The van der Waals surface area contributed by atoms with Gasteiger partial charge in [0.2, 0.25) is 0 Å². The lowest BCUT2D eigenvalue weighted by Gasteiger charge is -2.36. The molecule has 1 atom stereocenters. The van der Waals surface area contributed by atoms with Gasteiger partial charge in [-0.25, -0.2) is 14.6 Å². The highest BCUT2D eigenvalue weighted by atomic mass is 16.2. The van der Waals surface area contributed by atoms with Crippen LogP contribution in [0.2, 0.25) is 0 Å². The highest BCUT2D eigenvalue weighted by molar-refractivity contribution is 5.94. The molecule has 0 N–H and O–H groups in total. The zero-order chi connectivity index (χ0) is 17.8. The van der Waals surface area contributed by atoms with Gasteiger partial charge in [-0.3, -0.25) is 4.79 Å². The van der Waals surface area contributed by atoms with Crippen LogP contribution in [-0.2, 0) is 6.42 Å². The van der Waals surface area contributed by atoms with Crippen molar-refractivity contribution in [3.8, 4) is 5.82 Å². The van der Waals surface area contributed by atoms with Gasteiger partial charge in [-0.1, -0.05) is 30.3 Å². The molecule has 0 saturated carbocycles. The van der Waals surface area contributed by atoms with Crippen molar-refractivity contribution in [2.24, 2.45) is 0 Å². The second kappa shape index (κ2) is 7.47. The predicted molar refractivity (Wildman–Crippen MR) is 98.0 cm³/mol. The smallest absolute Gasteiger partial charge is 0.254 e. The van der Waals surface area contributed by atoms with E-state index in [0.29, 0.717) is 11.4 Å². The summed E-state index contributed by atoms with van der Waals surface area (Å²) in [6.07, 6.45) is 8.85. The van der Waals surface area contributed by atoms with E-state index in [0.717, 1.165) is 25.8 Å². The Morgan fingerprint density at radius 1 is 1.15 bits per heavy atom. The number of carbonyl (C=O) groups is 1. The number of hydrogen-bond acceptors (Lipinski definition) is 4. The van der Waals surface area contributed by atoms with Crippen molar-refractivity contribution < 1.29 is 4.79 Å². The van der Waals surface area contributed by atoms with Crippen molar-refractivity contribution in [3.63, 3.8) is 0 Å². The topological polar surface area (TPSA) is 63.9 Å². The van der Waals surface area contributed by atoms with E-state index < -0.39 is 0 Å². The van der Waals surface area contributed by atoms with Crippen LogP contribution in [-0.4, -0.2) is 43.1 Å². The number of piperidine rings is 1. The minimum Gasteiger partial charge on any atom is -0.335 e. The molecule has 1 saturated heterocycles. The van der Waals surface area contributed by atoms with Crippen molar-refractivity contribution in [2.45, 2.75) is 31.7 Å². The maximum Gasteiger partial charge on any atom is 0.254 e. The van der Waals surface area contributed by atoms with Crippen molar-refractivity contribution in [1.29, 1.82) is 0 Å². The molecule has 1 fully saturated rings. The predicted octanol–water partition coefficient (Wildman–Crippen LogP) is 2.90. The number of rotatable bonds is 4. The van der Waals surface area contributed by atoms with Gasteiger partial charge in [-0.2, -0.15) is 5.10 Å². The van der Waals surface area contributed by atoms with Crippen LogP contribution >= 0.6 is 0 Å². The van der Waals surface area contributed by atoms with E-state index in [9.17, 15) is 4.79 Å². The van der Waals surface area contributed by atoms with E-state index in [2.05, 4.69) is 39.3 Å². The Kier molecular flexibility index (Phi) is 4.73. The van der Waals surface area contributed by atoms with Gasteiger partial charge in [0.05, 0.1) is 0 Å². The van der Waals surface area contributed by atoms with E-state index in [1.54, 1.807) is 29.3 Å². The van der Waals surface area contributed by atoms with Crippen LogP contribution in [0, 0.1) is 0 Å². The lowest BCUT2D eigenvalue weighted by atomic mass is 9.95. The van der Waals surface area contributed by atoms with Crippen LogP contribution in [0.25, 0.3) is 5.82 Å². The molecule has 132 valence electrons. The van der Waals surface area contributed by atoms with Crippen molar-refractivity contribution in [1.82, 2.24) is 24.6 Å². The van der Waals surface area contributed by atoms with Gasteiger partial charge in [0.25, 0.3) is 5.91 Å². The fourth-order valence-electron chi connectivity index (χ4n) is 3.54. The lowest BCUT2D eigenvalue weighted by Crippen LogP contribution is -2.44. The second-order valence-corrected chi connectivity index (χ2v) is 6.58. The first-order chi connectivity index (χ1) is 12.8. The van der Waals surface area contributed by atoms with Crippen molar-refractivity contribution >= 4 is 5.91 Å². The molecule has 0 spiro atoms. The van der Waals surface area contributed by atoms with Crippen molar-refractivity contribution in [3.05, 3.63) is 72.4 Å². The van der Waals surface area contributed by atoms with Crippen LogP contribution < -0.4 is 0 Å². The minimum atomic E-state index is 0.0643. The summed E-state index contributed by atoms with van der Waals surface area (Å²) in [4.78, 5) is 23.4. The van der Waals surface area contributed by atoms with Gasteiger partial charge in [0.1, 0.15) is 12.7 Å². The van der Waals surface area contributed by atoms with Crippen molar-refractivity contribution in [2.75, 3.05) is 6.54 Å². The van der Waals surface area contributed by atoms with E-state index in [1.165, 1.54) is 18.3 Å². The molecular weight excluding hydrogens is 326 g/mol. The van der Waals surface area contributed by atoms with E-state index in [-0.39, 0.29) is 11.9 Å². The van der Waals surface area contributed by atoms with Crippen LogP contribution in [0.4, 0.5) is 0 Å². The third-order valence-electron chi connectivity index (χ3n) is 4.85. The molecule has 2 aromatic heterocycles. The maximum absolute atomic E-state index is 13.2. The van der Waals surface area contributed by atoms with Gasteiger partial charge < -0.3 is 4.90 Å². The zero-order valence-electron chi connectivity index (χ0n) is 14.5. The third-order valence-corrected chi connectivity index (χ3v) is 4.85. The number of carbonyl (C=O) groups excluding carboxylic acids is 1. The van der Waals surface area contributed by atoms with Gasteiger partial charge in [0, 0.05) is 24.3 Å². The number of amides is 1. The normalized spacial score (nSPS) is 17.2. The quantitative estimate of drug-likeness (QED) is 0.728. The number of benzene rings is 1. The van der Waals surface area contributed by atoms with Crippen LogP contribution in [0.5, 0.6) is 0 Å². The molecule has 0 aliphatic carbocycles. The van der Waals surface area contributed by atoms with Crippen LogP contribution in [0.15, 0.2) is 61.3 Å². The summed E-state index contributed by atoms with van der Waals surface area (Å²) in [5, 5.41) is 4.09. The molecule has 0 radical (unpaired) electrons. The van der Waals surface area contributed by atoms with E-state index >= 15 is 0 Å². The Labute approximate surface area is 152 Å². The molecule has 6 nitrogen and oxygen atoms in total. The number of pyridine rings is 1. The summed E-state index contributed by atoms with van der Waals surface area (Å²) in [5.41, 5.74) is 1.92. The SMILES string of the molecule is O=C(c1ccnc(-n2cncn2)c1)N1CCCC[C@H]1Cc1ccccc1. The van der Waals surface area contributed by atoms with Crippen LogP contribution in [0.1, 0.15) is 35.2 Å². The second-order valence-electron chi connectivity index (χ2n) is 6.58. The number of hydrogen-bond donors (Lipinski definition) is 0. The third kappa shape index (κ3) is 3.49. The van der Waals surface area contributed by atoms with E-state index in [4.69, 9.17) is 0 Å². The van der Waals surface area contributed by atoms with Gasteiger partial charge in [0.15, 0.2) is 5.82 Å². The molecule has 3 aromatic rings. The first-order valence-corrected chi connectivity index (χ1v) is 8.97. The largest absolute Gasteiger partial charge is 0.335 e. The van der Waals surface area contributed by atoms with Crippen LogP contribution in [0.3, 0.4) is 0 Å². The summed E-state index contributed by atoms with van der Waals surface area (Å²) >= 11 is 0. The molecule has 1 aliphatic rings. The highest BCUT2D eigenvalue weighted by Gasteiger charge is 2.27. The Morgan fingerprint density at radius 2 is 2.04 bits per heavy atom. The Morgan fingerprint density at radius 3 is 2.85 bits per heavy atom. The summed E-state index contributed by atoms with van der Waals surface area (Å²) in [7, 11) is 0. The number of aromatic nitrogens is 4. The molecule has 1 aliphatic heterocycles. The molecule has 4 rings (SSSR count). The molecule has 3 heterocycles. The molecule has 26 heavy (non-hydrogen) atoms. The average Bonchev–Trinajstić information content (AvgIpc) is 3.24. The molecule has 1 aromatic carbocycles. The molecule has 1 amide bonds. The molecule has 0 unspecified atom stereocenters. The summed E-state index contributed by atoms with van der Waals surface area (Å²) in [6, 6.07) is 14.2.